The SMILES string of the molecule is C=C(C)COc1ccc([C@H](C)O)cc1C. The number of aryl methyl sites for hydroxylation is 1. The molecule has 2 nitrogen and oxygen atoms in total. The van der Waals surface area contributed by atoms with Gasteiger partial charge in [-0.05, 0) is 49.6 Å². The van der Waals surface area contributed by atoms with Crippen LogP contribution in [0.3, 0.4) is 0 Å². The first-order valence-corrected chi connectivity index (χ1v) is 5.06. The van der Waals surface area contributed by atoms with Crippen molar-refractivity contribution in [2.75, 3.05) is 6.61 Å². The zero-order chi connectivity index (χ0) is 11.4. The van der Waals surface area contributed by atoms with Crippen LogP contribution in [0.15, 0.2) is 30.4 Å². The van der Waals surface area contributed by atoms with Gasteiger partial charge in [-0.2, -0.15) is 0 Å². The van der Waals surface area contributed by atoms with Gasteiger partial charge in [-0.15, -0.1) is 0 Å². The smallest absolute Gasteiger partial charge is 0.122 e. The van der Waals surface area contributed by atoms with Crippen molar-refractivity contribution in [2.45, 2.75) is 26.9 Å². The fourth-order valence-corrected chi connectivity index (χ4v) is 1.30. The number of aliphatic hydroxyl groups is 1. The minimum absolute atomic E-state index is 0.432. The monoisotopic (exact) mass is 206 g/mol. The predicted molar refractivity (Wildman–Crippen MR) is 62.1 cm³/mol. The van der Waals surface area contributed by atoms with E-state index in [-0.39, 0.29) is 0 Å². The third-order valence-corrected chi connectivity index (χ3v) is 2.16. The Balaban J connectivity index is 2.79. The summed E-state index contributed by atoms with van der Waals surface area (Å²) in [4.78, 5) is 0. The molecule has 0 aromatic heterocycles. The summed E-state index contributed by atoms with van der Waals surface area (Å²) in [6.45, 7) is 9.97. The molecule has 1 atom stereocenters. The number of hydrogen-bond acceptors (Lipinski definition) is 2. The Bertz CT molecular complexity index is 354. The van der Waals surface area contributed by atoms with Crippen molar-refractivity contribution in [1.29, 1.82) is 0 Å². The summed E-state index contributed by atoms with van der Waals surface area (Å²) in [7, 11) is 0. The average molecular weight is 206 g/mol. The average Bonchev–Trinajstić information content (AvgIpc) is 2.15. The molecule has 0 radical (unpaired) electrons. The second kappa shape index (κ2) is 4.99. The van der Waals surface area contributed by atoms with Gasteiger partial charge < -0.3 is 9.84 Å². The van der Waals surface area contributed by atoms with Gasteiger partial charge >= 0.3 is 0 Å². The maximum Gasteiger partial charge on any atom is 0.122 e. The first-order valence-electron chi connectivity index (χ1n) is 5.06. The highest BCUT2D eigenvalue weighted by Gasteiger charge is 2.04. The number of ether oxygens (including phenoxy) is 1. The molecule has 0 fully saturated rings. The van der Waals surface area contributed by atoms with Gasteiger partial charge in [-0.3, -0.25) is 0 Å². The Labute approximate surface area is 91.2 Å². The number of benzene rings is 1. The molecule has 1 N–H and O–H groups in total. The Hall–Kier alpha value is -1.28. The highest BCUT2D eigenvalue weighted by Crippen LogP contribution is 2.22. The van der Waals surface area contributed by atoms with Crippen LogP contribution < -0.4 is 4.74 Å². The van der Waals surface area contributed by atoms with E-state index in [1.165, 1.54) is 0 Å². The lowest BCUT2D eigenvalue weighted by Crippen LogP contribution is -2.00. The maximum absolute atomic E-state index is 9.40. The molecule has 0 aliphatic carbocycles. The lowest BCUT2D eigenvalue weighted by molar-refractivity contribution is 0.199. The molecule has 0 spiro atoms. The zero-order valence-corrected chi connectivity index (χ0v) is 9.58. The van der Waals surface area contributed by atoms with Gasteiger partial charge in [0.15, 0.2) is 0 Å². The molecule has 0 amide bonds. The molecular formula is C13H18O2. The van der Waals surface area contributed by atoms with E-state index < -0.39 is 6.10 Å². The number of hydrogen-bond donors (Lipinski definition) is 1. The highest BCUT2D eigenvalue weighted by molar-refractivity contribution is 5.37. The van der Waals surface area contributed by atoms with Crippen molar-refractivity contribution >= 4 is 0 Å². The molecule has 2 heteroatoms. The van der Waals surface area contributed by atoms with Crippen molar-refractivity contribution in [3.63, 3.8) is 0 Å². The first kappa shape index (κ1) is 11.8. The molecule has 1 aromatic rings. The lowest BCUT2D eigenvalue weighted by atomic mass is 10.1. The Morgan fingerprint density at radius 2 is 2.20 bits per heavy atom. The first-order chi connectivity index (χ1) is 7.00. The van der Waals surface area contributed by atoms with E-state index in [1.807, 2.05) is 32.0 Å². The molecule has 0 aliphatic rings. The van der Waals surface area contributed by atoms with Crippen LogP contribution >= 0.6 is 0 Å². The molecule has 0 heterocycles. The van der Waals surface area contributed by atoms with Crippen molar-refractivity contribution in [2.24, 2.45) is 0 Å². The van der Waals surface area contributed by atoms with E-state index in [0.29, 0.717) is 6.61 Å². The van der Waals surface area contributed by atoms with Gasteiger partial charge in [0, 0.05) is 0 Å². The largest absolute Gasteiger partial charge is 0.489 e. The predicted octanol–water partition coefficient (Wildman–Crippen LogP) is 3.00. The Kier molecular flexibility index (Phi) is 3.92. The molecule has 0 saturated heterocycles. The standard InChI is InChI=1S/C13H18O2/c1-9(2)8-15-13-6-5-12(11(4)14)7-10(13)3/h5-7,11,14H,1,8H2,2-4H3/t11-/m0/s1. The minimum Gasteiger partial charge on any atom is -0.489 e. The summed E-state index contributed by atoms with van der Waals surface area (Å²) in [5, 5.41) is 9.40. The summed E-state index contributed by atoms with van der Waals surface area (Å²) in [5.74, 6) is 0.849. The van der Waals surface area contributed by atoms with Gasteiger partial charge in [-0.25, -0.2) is 0 Å². The van der Waals surface area contributed by atoms with Crippen LogP contribution in [0.2, 0.25) is 0 Å². The van der Waals surface area contributed by atoms with Gasteiger partial charge in [0.25, 0.3) is 0 Å². The fourth-order valence-electron chi connectivity index (χ4n) is 1.30. The summed E-state index contributed by atoms with van der Waals surface area (Å²) in [5.41, 5.74) is 2.94. The van der Waals surface area contributed by atoms with Gasteiger partial charge in [0.1, 0.15) is 12.4 Å². The highest BCUT2D eigenvalue weighted by atomic mass is 16.5. The third-order valence-electron chi connectivity index (χ3n) is 2.16. The maximum atomic E-state index is 9.40. The molecule has 0 bridgehead atoms. The number of rotatable bonds is 4. The topological polar surface area (TPSA) is 29.5 Å². The summed E-state index contributed by atoms with van der Waals surface area (Å²) < 4.78 is 5.55. The summed E-state index contributed by atoms with van der Waals surface area (Å²) >= 11 is 0. The van der Waals surface area contributed by atoms with Crippen molar-refractivity contribution in [3.05, 3.63) is 41.5 Å². The van der Waals surface area contributed by atoms with E-state index in [0.717, 1.165) is 22.4 Å². The van der Waals surface area contributed by atoms with Crippen LogP contribution in [0.5, 0.6) is 5.75 Å². The molecule has 0 aliphatic heterocycles. The van der Waals surface area contributed by atoms with Crippen LogP contribution in [0, 0.1) is 6.92 Å². The normalized spacial score (nSPS) is 12.3. The van der Waals surface area contributed by atoms with Crippen molar-refractivity contribution in [1.82, 2.24) is 0 Å². The van der Waals surface area contributed by atoms with Gasteiger partial charge in [0.05, 0.1) is 6.10 Å². The van der Waals surface area contributed by atoms with Crippen LogP contribution in [0.1, 0.15) is 31.1 Å². The van der Waals surface area contributed by atoms with Crippen molar-refractivity contribution in [3.8, 4) is 5.75 Å². The lowest BCUT2D eigenvalue weighted by Gasteiger charge is -2.11. The van der Waals surface area contributed by atoms with E-state index in [1.54, 1.807) is 6.92 Å². The minimum atomic E-state index is -0.432. The quantitative estimate of drug-likeness (QED) is 0.767. The van der Waals surface area contributed by atoms with E-state index in [2.05, 4.69) is 6.58 Å². The van der Waals surface area contributed by atoms with Gasteiger partial charge in [0.2, 0.25) is 0 Å². The fraction of sp³-hybridized carbons (Fsp3) is 0.385. The van der Waals surface area contributed by atoms with E-state index in [9.17, 15) is 5.11 Å². The molecule has 1 aromatic carbocycles. The summed E-state index contributed by atoms with van der Waals surface area (Å²) in [6.07, 6.45) is -0.432. The molecule has 0 saturated carbocycles. The molecule has 1 rings (SSSR count). The molecule has 15 heavy (non-hydrogen) atoms. The number of aliphatic hydroxyl groups excluding tert-OH is 1. The second-order valence-corrected chi connectivity index (χ2v) is 3.95. The molecule has 0 unspecified atom stereocenters. The molecular weight excluding hydrogens is 188 g/mol. The van der Waals surface area contributed by atoms with Crippen molar-refractivity contribution < 1.29 is 9.84 Å². The Morgan fingerprint density at radius 1 is 1.53 bits per heavy atom. The van der Waals surface area contributed by atoms with Crippen LogP contribution in [0.4, 0.5) is 0 Å². The van der Waals surface area contributed by atoms with Crippen LogP contribution in [0.25, 0.3) is 0 Å². The zero-order valence-electron chi connectivity index (χ0n) is 9.58. The van der Waals surface area contributed by atoms with Crippen LogP contribution in [-0.2, 0) is 0 Å². The second-order valence-electron chi connectivity index (χ2n) is 3.95. The Morgan fingerprint density at radius 3 is 2.67 bits per heavy atom. The van der Waals surface area contributed by atoms with E-state index >= 15 is 0 Å². The third kappa shape index (κ3) is 3.40. The van der Waals surface area contributed by atoms with Crippen LogP contribution in [-0.4, -0.2) is 11.7 Å². The summed E-state index contributed by atoms with van der Waals surface area (Å²) in [6, 6.07) is 5.71. The van der Waals surface area contributed by atoms with E-state index in [4.69, 9.17) is 4.74 Å². The van der Waals surface area contributed by atoms with Gasteiger partial charge in [-0.1, -0.05) is 12.6 Å². The molecule has 82 valence electrons.